The van der Waals surface area contributed by atoms with Gasteiger partial charge < -0.3 is 14.6 Å². The number of hydrogen-bond donors (Lipinski definition) is 1. The summed E-state index contributed by atoms with van der Waals surface area (Å²) in [4.78, 5) is 27.9. The van der Waals surface area contributed by atoms with Gasteiger partial charge in [-0.1, -0.05) is 48.0 Å². The topological polar surface area (TPSA) is 76.1 Å². The first-order valence-electron chi connectivity index (χ1n) is 10.2. The second-order valence-electron chi connectivity index (χ2n) is 7.54. The molecule has 1 heterocycles. The summed E-state index contributed by atoms with van der Waals surface area (Å²) in [6.45, 7) is 1.89. The second-order valence-corrected chi connectivity index (χ2v) is 7.95. The van der Waals surface area contributed by atoms with E-state index in [4.69, 9.17) is 21.1 Å². The quantitative estimate of drug-likeness (QED) is 0.316. The summed E-state index contributed by atoms with van der Waals surface area (Å²) < 4.78 is 10.6. The molecule has 0 bridgehead atoms. The normalized spacial score (nSPS) is 17.3. The van der Waals surface area contributed by atoms with Gasteiger partial charge in [-0.3, -0.25) is 14.5 Å². The van der Waals surface area contributed by atoms with E-state index in [1.165, 1.54) is 19.1 Å². The van der Waals surface area contributed by atoms with Crippen LogP contribution in [-0.2, 0) is 9.59 Å². The predicted molar refractivity (Wildman–Crippen MR) is 127 cm³/mol. The molecule has 33 heavy (non-hydrogen) atoms. The van der Waals surface area contributed by atoms with Crippen LogP contribution in [0.5, 0.6) is 11.5 Å². The number of carbonyl (C=O) groups excluding carboxylic acids is 2. The average molecular weight is 464 g/mol. The van der Waals surface area contributed by atoms with Crippen LogP contribution < -0.4 is 14.4 Å². The lowest BCUT2D eigenvalue weighted by molar-refractivity contribution is -0.132. The molecule has 1 aliphatic heterocycles. The third-order valence-corrected chi connectivity index (χ3v) is 6.00. The molecule has 1 saturated heterocycles. The number of hydrogen-bond acceptors (Lipinski definition) is 5. The van der Waals surface area contributed by atoms with E-state index >= 15 is 0 Å². The van der Waals surface area contributed by atoms with E-state index in [1.807, 2.05) is 31.2 Å². The van der Waals surface area contributed by atoms with Gasteiger partial charge in [0.1, 0.15) is 17.3 Å². The van der Waals surface area contributed by atoms with Gasteiger partial charge in [-0.2, -0.15) is 0 Å². The Hall–Kier alpha value is -3.77. The summed E-state index contributed by atoms with van der Waals surface area (Å²) in [5.41, 5.74) is 2.28. The Bertz CT molecular complexity index is 1280. The lowest BCUT2D eigenvalue weighted by Gasteiger charge is -2.27. The lowest BCUT2D eigenvalue weighted by Crippen LogP contribution is -2.29. The van der Waals surface area contributed by atoms with Crippen LogP contribution in [0, 0.1) is 6.92 Å². The average Bonchev–Trinajstić information content (AvgIpc) is 3.09. The minimum absolute atomic E-state index is 0.0225. The fraction of sp³-hybridized carbons (Fsp3) is 0.154. The number of aliphatic hydroxyl groups is 1. The van der Waals surface area contributed by atoms with Crippen LogP contribution in [-0.4, -0.2) is 31.0 Å². The number of ketones is 1. The first kappa shape index (κ1) is 22.4. The number of benzene rings is 3. The minimum Gasteiger partial charge on any atom is -0.507 e. The standard InChI is InChI=1S/C26H22ClNO5/c1-15-8-4-5-9-17(15)23-22(24(29)18-10-6-7-11-20(18)32-2)25(30)26(31)28(23)16-12-13-21(33-3)19(27)14-16/h4-14,23,29H,1-3H3/b24-22+. The van der Waals surface area contributed by atoms with E-state index < -0.39 is 17.7 Å². The molecule has 1 fully saturated rings. The van der Waals surface area contributed by atoms with E-state index in [1.54, 1.807) is 42.5 Å². The molecule has 168 valence electrons. The molecule has 1 aliphatic rings. The molecule has 3 aromatic rings. The number of amides is 1. The fourth-order valence-electron chi connectivity index (χ4n) is 4.08. The van der Waals surface area contributed by atoms with Crippen LogP contribution in [0.15, 0.2) is 72.3 Å². The first-order valence-corrected chi connectivity index (χ1v) is 10.6. The van der Waals surface area contributed by atoms with Gasteiger partial charge in [0.15, 0.2) is 0 Å². The molecule has 1 N–H and O–H groups in total. The number of Topliss-reactive ketones (excluding diaryl/α,β-unsaturated/α-hetero) is 1. The number of halogens is 1. The number of anilines is 1. The summed E-state index contributed by atoms with van der Waals surface area (Å²) in [6, 6.07) is 18.2. The largest absolute Gasteiger partial charge is 0.507 e. The number of carbonyl (C=O) groups is 2. The van der Waals surface area contributed by atoms with Crippen molar-refractivity contribution in [1.82, 2.24) is 0 Å². The van der Waals surface area contributed by atoms with Gasteiger partial charge in [-0.05, 0) is 48.4 Å². The van der Waals surface area contributed by atoms with E-state index in [2.05, 4.69) is 0 Å². The fourth-order valence-corrected chi connectivity index (χ4v) is 4.33. The molecular formula is C26H22ClNO5. The van der Waals surface area contributed by atoms with Crippen molar-refractivity contribution in [3.63, 3.8) is 0 Å². The molecule has 7 heteroatoms. The van der Waals surface area contributed by atoms with Gasteiger partial charge in [0, 0.05) is 5.69 Å². The molecule has 0 aromatic heterocycles. The smallest absolute Gasteiger partial charge is 0.300 e. The number of ether oxygens (including phenoxy) is 2. The van der Waals surface area contributed by atoms with Crippen molar-refractivity contribution < 1.29 is 24.2 Å². The molecule has 3 aromatic carbocycles. The van der Waals surface area contributed by atoms with Crippen molar-refractivity contribution in [2.45, 2.75) is 13.0 Å². The van der Waals surface area contributed by atoms with Crippen molar-refractivity contribution >= 4 is 34.7 Å². The molecule has 1 atom stereocenters. The Morgan fingerprint density at radius 3 is 2.27 bits per heavy atom. The Morgan fingerprint density at radius 2 is 1.61 bits per heavy atom. The Kier molecular flexibility index (Phi) is 6.11. The predicted octanol–water partition coefficient (Wildman–Crippen LogP) is 5.29. The minimum atomic E-state index is -0.861. The van der Waals surface area contributed by atoms with Crippen molar-refractivity contribution in [2.75, 3.05) is 19.1 Å². The maximum Gasteiger partial charge on any atom is 0.300 e. The van der Waals surface area contributed by atoms with Gasteiger partial charge in [-0.25, -0.2) is 0 Å². The highest BCUT2D eigenvalue weighted by Crippen LogP contribution is 2.45. The van der Waals surface area contributed by atoms with Crippen LogP contribution in [0.2, 0.25) is 5.02 Å². The number of aliphatic hydroxyl groups excluding tert-OH is 1. The maximum absolute atomic E-state index is 13.3. The van der Waals surface area contributed by atoms with Gasteiger partial charge in [0.2, 0.25) is 0 Å². The summed E-state index contributed by atoms with van der Waals surface area (Å²) in [5, 5.41) is 11.6. The van der Waals surface area contributed by atoms with Crippen LogP contribution >= 0.6 is 11.6 Å². The molecule has 6 nitrogen and oxygen atoms in total. The van der Waals surface area contributed by atoms with Crippen molar-refractivity contribution in [3.8, 4) is 11.5 Å². The zero-order chi connectivity index (χ0) is 23.7. The molecule has 4 rings (SSSR count). The number of aryl methyl sites for hydroxylation is 1. The van der Waals surface area contributed by atoms with Crippen LogP contribution in [0.3, 0.4) is 0 Å². The van der Waals surface area contributed by atoms with Gasteiger partial charge in [0.05, 0.1) is 36.4 Å². The van der Waals surface area contributed by atoms with Crippen LogP contribution in [0.1, 0.15) is 22.7 Å². The molecule has 0 saturated carbocycles. The Morgan fingerprint density at radius 1 is 0.939 bits per heavy atom. The SMILES string of the molecule is COc1ccc(N2C(=O)C(=O)/C(=C(/O)c3ccccc3OC)C2c2ccccc2C)cc1Cl. The highest BCUT2D eigenvalue weighted by molar-refractivity contribution is 6.52. The van der Waals surface area contributed by atoms with E-state index in [0.29, 0.717) is 33.3 Å². The van der Waals surface area contributed by atoms with Crippen LogP contribution in [0.4, 0.5) is 5.69 Å². The van der Waals surface area contributed by atoms with Crippen LogP contribution in [0.25, 0.3) is 5.76 Å². The van der Waals surface area contributed by atoms with Crippen molar-refractivity contribution in [3.05, 3.63) is 94.0 Å². The lowest BCUT2D eigenvalue weighted by atomic mass is 9.92. The maximum atomic E-state index is 13.3. The summed E-state index contributed by atoms with van der Waals surface area (Å²) >= 11 is 6.33. The first-order chi connectivity index (χ1) is 15.9. The summed E-state index contributed by atoms with van der Waals surface area (Å²) in [6.07, 6.45) is 0. The number of rotatable bonds is 5. The van der Waals surface area contributed by atoms with Gasteiger partial charge in [-0.15, -0.1) is 0 Å². The number of methoxy groups -OCH3 is 2. The van der Waals surface area contributed by atoms with E-state index in [-0.39, 0.29) is 11.3 Å². The second kappa shape index (κ2) is 9.00. The molecule has 1 amide bonds. The zero-order valence-electron chi connectivity index (χ0n) is 18.3. The van der Waals surface area contributed by atoms with Gasteiger partial charge in [0.25, 0.3) is 11.7 Å². The van der Waals surface area contributed by atoms with Crippen molar-refractivity contribution in [2.24, 2.45) is 0 Å². The zero-order valence-corrected chi connectivity index (χ0v) is 19.1. The van der Waals surface area contributed by atoms with Gasteiger partial charge >= 0.3 is 0 Å². The number of para-hydroxylation sites is 1. The molecular weight excluding hydrogens is 442 g/mol. The molecule has 1 unspecified atom stereocenters. The molecule has 0 aliphatic carbocycles. The highest BCUT2D eigenvalue weighted by Gasteiger charge is 2.47. The molecule has 0 radical (unpaired) electrons. The van der Waals surface area contributed by atoms with Crippen molar-refractivity contribution in [1.29, 1.82) is 0 Å². The summed E-state index contributed by atoms with van der Waals surface area (Å²) in [7, 11) is 2.97. The van der Waals surface area contributed by atoms with E-state index in [0.717, 1.165) is 5.56 Å². The third-order valence-electron chi connectivity index (χ3n) is 5.70. The highest BCUT2D eigenvalue weighted by atomic mass is 35.5. The Labute approximate surface area is 196 Å². The monoisotopic (exact) mass is 463 g/mol. The Balaban J connectivity index is 1.99. The summed E-state index contributed by atoms with van der Waals surface area (Å²) in [5.74, 6) is -1.03. The van der Waals surface area contributed by atoms with E-state index in [9.17, 15) is 14.7 Å². The number of nitrogens with zero attached hydrogens (tertiary/aromatic N) is 1. The third kappa shape index (κ3) is 3.83. The molecule has 0 spiro atoms.